The molecule has 0 saturated carbocycles. The Morgan fingerprint density at radius 1 is 1.21 bits per heavy atom. The second kappa shape index (κ2) is 5.92. The number of ether oxygens (including phenoxy) is 1. The van der Waals surface area contributed by atoms with E-state index in [1.165, 1.54) is 12.1 Å². The maximum atomic E-state index is 13.0. The summed E-state index contributed by atoms with van der Waals surface area (Å²) in [6, 6.07) is 8.23. The van der Waals surface area contributed by atoms with Crippen molar-refractivity contribution in [2.45, 2.75) is 13.5 Å². The Kier molecular flexibility index (Phi) is 4.47. The van der Waals surface area contributed by atoms with E-state index in [0.29, 0.717) is 22.5 Å². The molecule has 19 heavy (non-hydrogen) atoms. The molecule has 0 spiro atoms. The number of nitrogens with two attached hydrogens (primary N) is 1. The first-order chi connectivity index (χ1) is 8.97. The molecule has 2 N–H and O–H groups in total. The van der Waals surface area contributed by atoms with Gasteiger partial charge in [0.1, 0.15) is 18.2 Å². The minimum Gasteiger partial charge on any atom is -0.486 e. The first kappa shape index (κ1) is 14.3. The van der Waals surface area contributed by atoms with Crippen LogP contribution in [0.4, 0.5) is 10.1 Å². The van der Waals surface area contributed by atoms with Crippen molar-refractivity contribution >= 4 is 37.5 Å². The summed E-state index contributed by atoms with van der Waals surface area (Å²) in [5.41, 5.74) is 8.31. The fourth-order valence-corrected chi connectivity index (χ4v) is 2.80. The summed E-state index contributed by atoms with van der Waals surface area (Å²) in [5, 5.41) is 0. The Hall–Kier alpha value is -1.07. The van der Waals surface area contributed by atoms with Gasteiger partial charge in [-0.25, -0.2) is 4.39 Å². The summed E-state index contributed by atoms with van der Waals surface area (Å²) in [4.78, 5) is 0. The van der Waals surface area contributed by atoms with E-state index in [1.807, 2.05) is 13.0 Å². The van der Waals surface area contributed by atoms with Gasteiger partial charge < -0.3 is 10.5 Å². The Balaban J connectivity index is 2.19. The first-order valence-electron chi connectivity index (χ1n) is 5.59. The van der Waals surface area contributed by atoms with E-state index in [1.54, 1.807) is 12.1 Å². The molecule has 0 radical (unpaired) electrons. The zero-order valence-electron chi connectivity index (χ0n) is 10.2. The summed E-state index contributed by atoms with van der Waals surface area (Å²) in [6.07, 6.45) is 0. The van der Waals surface area contributed by atoms with E-state index >= 15 is 0 Å². The van der Waals surface area contributed by atoms with E-state index in [4.69, 9.17) is 10.5 Å². The molecule has 0 saturated heterocycles. The number of hydrogen-bond acceptors (Lipinski definition) is 2. The zero-order valence-corrected chi connectivity index (χ0v) is 13.4. The number of anilines is 1. The molecule has 0 bridgehead atoms. The Morgan fingerprint density at radius 2 is 1.95 bits per heavy atom. The molecule has 2 aromatic rings. The van der Waals surface area contributed by atoms with Crippen molar-refractivity contribution in [3.8, 4) is 5.75 Å². The number of hydrogen-bond donors (Lipinski definition) is 1. The molecule has 0 atom stereocenters. The average molecular weight is 389 g/mol. The van der Waals surface area contributed by atoms with Crippen LogP contribution in [0.25, 0.3) is 0 Å². The highest BCUT2D eigenvalue weighted by Gasteiger charge is 2.08. The fourth-order valence-electron chi connectivity index (χ4n) is 1.74. The van der Waals surface area contributed by atoms with Crippen molar-refractivity contribution in [2.24, 2.45) is 0 Å². The van der Waals surface area contributed by atoms with Crippen LogP contribution in [0.15, 0.2) is 39.3 Å². The lowest BCUT2D eigenvalue weighted by atomic mass is 10.2. The van der Waals surface area contributed by atoms with Gasteiger partial charge in [-0.2, -0.15) is 0 Å². The summed E-state index contributed by atoms with van der Waals surface area (Å²) < 4.78 is 20.3. The van der Waals surface area contributed by atoms with Gasteiger partial charge >= 0.3 is 0 Å². The second-order valence-electron chi connectivity index (χ2n) is 4.17. The van der Waals surface area contributed by atoms with Crippen LogP contribution in [0.2, 0.25) is 0 Å². The molecule has 2 aromatic carbocycles. The maximum absolute atomic E-state index is 13.0. The molecule has 0 aromatic heterocycles. The summed E-state index contributed by atoms with van der Waals surface area (Å²) >= 11 is 6.69. The number of nitrogen functional groups attached to an aromatic ring is 1. The first-order valence-corrected chi connectivity index (χ1v) is 7.18. The highest BCUT2D eigenvalue weighted by Crippen LogP contribution is 2.31. The Bertz CT molecular complexity index is 593. The summed E-state index contributed by atoms with van der Waals surface area (Å²) in [5.74, 6) is 0.370. The van der Waals surface area contributed by atoms with E-state index in [-0.39, 0.29) is 5.82 Å². The SMILES string of the molecule is Cc1cc(Br)cc(N)c1OCc1ccc(F)cc1Br. The predicted molar refractivity (Wildman–Crippen MR) is 81.7 cm³/mol. The molecule has 2 nitrogen and oxygen atoms in total. The third-order valence-electron chi connectivity index (χ3n) is 2.66. The third kappa shape index (κ3) is 3.48. The van der Waals surface area contributed by atoms with Gasteiger partial charge in [-0.05, 0) is 36.8 Å². The third-order valence-corrected chi connectivity index (χ3v) is 3.85. The summed E-state index contributed by atoms with van der Waals surface area (Å²) in [6.45, 7) is 2.25. The molecule has 2 rings (SSSR count). The van der Waals surface area contributed by atoms with E-state index in [9.17, 15) is 4.39 Å². The Labute approximate surface area is 128 Å². The molecule has 0 amide bonds. The molecular formula is C14H12Br2FNO. The van der Waals surface area contributed by atoms with Gasteiger partial charge in [-0.15, -0.1) is 0 Å². The lowest BCUT2D eigenvalue weighted by molar-refractivity contribution is 0.305. The minimum atomic E-state index is -0.282. The van der Waals surface area contributed by atoms with Gasteiger partial charge in [-0.3, -0.25) is 0 Å². The van der Waals surface area contributed by atoms with Crippen molar-refractivity contribution < 1.29 is 9.13 Å². The molecule has 100 valence electrons. The molecule has 0 aliphatic heterocycles. The van der Waals surface area contributed by atoms with Gasteiger partial charge in [0, 0.05) is 14.5 Å². The molecule has 5 heteroatoms. The molecule has 0 unspecified atom stereocenters. The van der Waals surface area contributed by atoms with Gasteiger partial charge in [0.25, 0.3) is 0 Å². The van der Waals surface area contributed by atoms with E-state index in [0.717, 1.165) is 15.6 Å². The monoisotopic (exact) mass is 387 g/mol. The Morgan fingerprint density at radius 3 is 2.58 bits per heavy atom. The quantitative estimate of drug-likeness (QED) is 0.765. The van der Waals surface area contributed by atoms with E-state index in [2.05, 4.69) is 31.9 Å². The highest BCUT2D eigenvalue weighted by molar-refractivity contribution is 9.10. The number of aryl methyl sites for hydroxylation is 1. The van der Waals surface area contributed by atoms with Crippen molar-refractivity contribution in [3.05, 3.63) is 56.2 Å². The van der Waals surface area contributed by atoms with Gasteiger partial charge in [-0.1, -0.05) is 37.9 Å². The molecule has 0 aliphatic carbocycles. The fraction of sp³-hybridized carbons (Fsp3) is 0.143. The molecule has 0 aliphatic rings. The number of benzene rings is 2. The van der Waals surface area contributed by atoms with Crippen LogP contribution in [0.5, 0.6) is 5.75 Å². The van der Waals surface area contributed by atoms with Crippen LogP contribution < -0.4 is 10.5 Å². The number of halogens is 3. The van der Waals surface area contributed by atoms with Crippen molar-refractivity contribution in [3.63, 3.8) is 0 Å². The normalized spacial score (nSPS) is 10.5. The topological polar surface area (TPSA) is 35.2 Å². The zero-order chi connectivity index (χ0) is 14.0. The minimum absolute atomic E-state index is 0.282. The van der Waals surface area contributed by atoms with Gasteiger partial charge in [0.2, 0.25) is 0 Å². The van der Waals surface area contributed by atoms with Gasteiger partial charge in [0.15, 0.2) is 0 Å². The van der Waals surface area contributed by atoms with Crippen LogP contribution >= 0.6 is 31.9 Å². The highest BCUT2D eigenvalue weighted by atomic mass is 79.9. The van der Waals surface area contributed by atoms with E-state index < -0.39 is 0 Å². The van der Waals surface area contributed by atoms with Crippen LogP contribution in [0, 0.1) is 12.7 Å². The van der Waals surface area contributed by atoms with Crippen molar-refractivity contribution in [1.82, 2.24) is 0 Å². The van der Waals surface area contributed by atoms with Gasteiger partial charge in [0.05, 0.1) is 5.69 Å². The molecule has 0 fully saturated rings. The van der Waals surface area contributed by atoms with Crippen LogP contribution in [-0.2, 0) is 6.61 Å². The molecule has 0 heterocycles. The number of rotatable bonds is 3. The second-order valence-corrected chi connectivity index (χ2v) is 5.94. The van der Waals surface area contributed by atoms with Crippen molar-refractivity contribution in [2.75, 3.05) is 5.73 Å². The van der Waals surface area contributed by atoms with Crippen LogP contribution in [-0.4, -0.2) is 0 Å². The standard InChI is InChI=1S/C14H12Br2FNO/c1-8-4-10(15)5-13(18)14(8)19-7-9-2-3-11(17)6-12(9)16/h2-6H,7,18H2,1H3. The largest absolute Gasteiger partial charge is 0.486 e. The average Bonchev–Trinajstić information content (AvgIpc) is 2.30. The smallest absolute Gasteiger partial charge is 0.145 e. The van der Waals surface area contributed by atoms with Crippen molar-refractivity contribution in [1.29, 1.82) is 0 Å². The maximum Gasteiger partial charge on any atom is 0.145 e. The predicted octanol–water partition coefficient (Wildman–Crippen LogP) is 4.82. The lowest BCUT2D eigenvalue weighted by Gasteiger charge is -2.13. The van der Waals surface area contributed by atoms with Crippen LogP contribution in [0.3, 0.4) is 0 Å². The lowest BCUT2D eigenvalue weighted by Crippen LogP contribution is -2.01. The summed E-state index contributed by atoms with van der Waals surface area (Å²) in [7, 11) is 0. The molecular weight excluding hydrogens is 377 g/mol. The van der Waals surface area contributed by atoms with Crippen LogP contribution in [0.1, 0.15) is 11.1 Å².